The molecule has 2 unspecified atom stereocenters. The number of nitrogens with one attached hydrogen (secondary N) is 2. The molecule has 0 spiro atoms. The number of esters is 2. The van der Waals surface area contributed by atoms with Gasteiger partial charge in [-0.15, -0.1) is 5.43 Å². The third kappa shape index (κ3) is 14.5. The summed E-state index contributed by atoms with van der Waals surface area (Å²) in [7, 11) is -5.83. The average molecular weight is 1080 g/mol. The molecule has 27 heteroatoms. The van der Waals surface area contributed by atoms with Crippen molar-refractivity contribution in [3.8, 4) is 34.8 Å². The van der Waals surface area contributed by atoms with Crippen LogP contribution in [0.25, 0.3) is 5.52 Å². The summed E-state index contributed by atoms with van der Waals surface area (Å²) in [5, 5.41) is 47.2. The van der Waals surface area contributed by atoms with Crippen LogP contribution in [-0.4, -0.2) is 85.0 Å². The summed E-state index contributed by atoms with van der Waals surface area (Å²) >= 11 is 0. The van der Waals surface area contributed by atoms with Crippen molar-refractivity contribution in [3.63, 3.8) is 0 Å². The molecule has 25 nitrogen and oxygen atoms in total. The number of fused-ring (bicyclic) bond motifs is 1. The lowest BCUT2D eigenvalue weighted by atomic mass is 9.92. The Morgan fingerprint density at radius 1 is 0.907 bits per heavy atom. The molecule has 1 aliphatic heterocycles. The Hall–Kier alpha value is -6.97. The minimum absolute atomic E-state index is 0.00621. The SMILES string of the molecule is CCC(CC)CC[C@](N/N=[P+](\[O-])Oc1ccc(Oc2ccc([N+](=O)[O-])cc2)cc1)(OC(=O)[C@H](C)N/N=[P+](\[O-])Oc1ccc(OC[C@H]2O[C@@](C#N)(c3ccc4c(N)ncnn34)[C@H](O)[C@@H]2O)cc1)C(=O)OCC(CC)CC. The number of carbonyl (C=O) groups is 2. The predicted molar refractivity (Wildman–Crippen MR) is 266 cm³/mol. The van der Waals surface area contributed by atoms with Gasteiger partial charge in [0.15, 0.2) is 17.3 Å². The number of ether oxygens (including phenoxy) is 5. The highest BCUT2D eigenvalue weighted by molar-refractivity contribution is 7.34. The second kappa shape index (κ2) is 26.5. The molecule has 0 aliphatic carbocycles. The standard InChI is InChI=1S/C48H58N10O15P2/c1-6-31(7-2)24-25-48(46(62)68-26-32(8-3)9-4,54-56-75(66)73-38-20-16-36(17-21-38)69-35-12-10-33(11-13-35)58(63)64)71-45(61)30(5)53-55-74(65)72-37-18-14-34(15-19-37)67-27-40-42(59)43(60)47(28-49,70-40)41-23-22-39-44(50)51-29-52-57(39)41/h10-23,29-32,40,42-43,53-54,59-60H,6-9,24-27H2,1-5H3,(H2,50,51,52)/t30-,40+,42+,43+,47-,48-/m0/s1. The van der Waals surface area contributed by atoms with Crippen molar-refractivity contribution >= 4 is 45.3 Å². The van der Waals surface area contributed by atoms with E-state index >= 15 is 0 Å². The highest BCUT2D eigenvalue weighted by Gasteiger charge is 2.58. The van der Waals surface area contributed by atoms with Crippen molar-refractivity contribution in [1.82, 2.24) is 25.4 Å². The van der Waals surface area contributed by atoms with Crippen molar-refractivity contribution in [2.24, 2.45) is 21.5 Å². The van der Waals surface area contributed by atoms with Crippen LogP contribution in [0.4, 0.5) is 11.5 Å². The average Bonchev–Trinajstić information content (AvgIpc) is 3.96. The van der Waals surface area contributed by atoms with Crippen LogP contribution >= 0.6 is 16.3 Å². The van der Waals surface area contributed by atoms with Gasteiger partial charge in [-0.1, -0.05) is 53.4 Å². The Bertz CT molecular complexity index is 2830. The molecular weight excluding hydrogens is 1020 g/mol. The number of nitrogen functional groups attached to an aromatic ring is 1. The number of anilines is 1. The third-order valence-electron chi connectivity index (χ3n) is 12.5. The van der Waals surface area contributed by atoms with Crippen molar-refractivity contribution in [1.29, 1.82) is 5.26 Å². The van der Waals surface area contributed by atoms with Crippen LogP contribution in [0, 0.1) is 33.3 Å². The second-order valence-electron chi connectivity index (χ2n) is 17.3. The first-order valence-electron chi connectivity index (χ1n) is 23.9. The zero-order chi connectivity index (χ0) is 54.3. The fourth-order valence-electron chi connectivity index (χ4n) is 7.71. The van der Waals surface area contributed by atoms with Crippen molar-refractivity contribution in [3.05, 3.63) is 107 Å². The number of aliphatic hydroxyl groups is 2. The summed E-state index contributed by atoms with van der Waals surface area (Å²) < 4.78 is 41.4. The monoisotopic (exact) mass is 1080 g/mol. The van der Waals surface area contributed by atoms with Gasteiger partial charge in [-0.3, -0.25) is 24.0 Å². The van der Waals surface area contributed by atoms with Gasteiger partial charge in [0.25, 0.3) is 11.4 Å². The van der Waals surface area contributed by atoms with Gasteiger partial charge >= 0.3 is 28.3 Å². The van der Waals surface area contributed by atoms with Crippen LogP contribution in [0.15, 0.2) is 101 Å². The van der Waals surface area contributed by atoms with E-state index in [9.17, 15) is 45.0 Å². The molecule has 0 bridgehead atoms. The molecule has 3 heterocycles. The first-order valence-corrected chi connectivity index (χ1v) is 26.2. The van der Waals surface area contributed by atoms with Crippen LogP contribution in [0.5, 0.6) is 28.7 Å². The number of nitro benzene ring substituents is 1. The van der Waals surface area contributed by atoms with E-state index in [0.717, 1.165) is 12.8 Å². The Kier molecular flexibility index (Phi) is 20.2. The van der Waals surface area contributed by atoms with Crippen LogP contribution in [-0.2, 0) is 29.4 Å². The van der Waals surface area contributed by atoms with E-state index in [2.05, 4.69) is 30.6 Å². The molecular formula is C48H58N10O15P2. The minimum atomic E-state index is -2.96. The quantitative estimate of drug-likeness (QED) is 0.0134. The topological polar surface area (TPSA) is 357 Å². The second-order valence-corrected chi connectivity index (χ2v) is 19.0. The van der Waals surface area contributed by atoms with Crippen LogP contribution < -0.4 is 44.9 Å². The summed E-state index contributed by atoms with van der Waals surface area (Å²) in [5.41, 5.74) is 6.97. The number of nitrogens with two attached hydrogens (primary N) is 1. The molecule has 0 radical (unpaired) electrons. The van der Waals surface area contributed by atoms with Crippen LogP contribution in [0.2, 0.25) is 0 Å². The van der Waals surface area contributed by atoms with E-state index in [0.29, 0.717) is 36.3 Å². The van der Waals surface area contributed by atoms with Crippen LogP contribution in [0.1, 0.15) is 78.8 Å². The first kappa shape index (κ1) is 57.3. The molecule has 1 fully saturated rings. The number of nitriles is 1. The van der Waals surface area contributed by atoms with E-state index in [1.807, 2.05) is 33.8 Å². The van der Waals surface area contributed by atoms with Gasteiger partial charge in [-0.25, -0.2) is 14.3 Å². The third-order valence-corrected chi connectivity index (χ3v) is 13.7. The number of benzene rings is 3. The van der Waals surface area contributed by atoms with E-state index in [1.54, 1.807) is 6.07 Å². The number of carbonyl (C=O) groups excluding carboxylic acids is 2. The molecule has 400 valence electrons. The molecule has 5 aromatic rings. The maximum atomic E-state index is 14.1. The van der Waals surface area contributed by atoms with Gasteiger partial charge in [0, 0.05) is 28.3 Å². The fraction of sp³-hybridized carbons (Fsp3) is 0.438. The number of hydrogen-bond donors (Lipinski definition) is 5. The summed E-state index contributed by atoms with van der Waals surface area (Å²) in [6.07, 6.45) is -0.153. The highest BCUT2D eigenvalue weighted by Crippen LogP contribution is 2.41. The Morgan fingerprint density at radius 3 is 2.07 bits per heavy atom. The minimum Gasteiger partial charge on any atom is -0.574 e. The molecule has 8 atom stereocenters. The lowest BCUT2D eigenvalue weighted by molar-refractivity contribution is -0.384. The molecule has 3 aromatic carbocycles. The lowest BCUT2D eigenvalue weighted by Gasteiger charge is -2.31. The summed E-state index contributed by atoms with van der Waals surface area (Å²) in [5.74, 6) is -0.728. The van der Waals surface area contributed by atoms with E-state index in [-0.39, 0.29) is 65.9 Å². The summed E-state index contributed by atoms with van der Waals surface area (Å²) in [6.45, 7) is 8.88. The van der Waals surface area contributed by atoms with Gasteiger partial charge < -0.3 is 49.4 Å². The summed E-state index contributed by atoms with van der Waals surface area (Å²) in [6, 6.07) is 20.8. The smallest absolute Gasteiger partial charge is 0.412 e. The number of aromatic nitrogens is 3. The van der Waals surface area contributed by atoms with E-state index in [4.69, 9.17) is 38.5 Å². The maximum absolute atomic E-state index is 14.1. The molecule has 0 saturated carbocycles. The zero-order valence-electron chi connectivity index (χ0n) is 41.6. The van der Waals surface area contributed by atoms with Crippen LogP contribution in [0.3, 0.4) is 0 Å². The Balaban J connectivity index is 1.09. The molecule has 1 aliphatic rings. The van der Waals surface area contributed by atoms with Gasteiger partial charge in [-0.05, 0) is 98.0 Å². The van der Waals surface area contributed by atoms with E-state index in [1.165, 1.54) is 96.6 Å². The molecule has 0 amide bonds. The molecule has 6 rings (SSSR count). The molecule has 75 heavy (non-hydrogen) atoms. The number of rotatable bonds is 27. The Labute approximate surface area is 433 Å². The number of non-ortho nitro benzene ring substituents is 1. The van der Waals surface area contributed by atoms with Gasteiger partial charge in [0.2, 0.25) is 5.60 Å². The maximum Gasteiger partial charge on any atom is 0.412 e. The van der Waals surface area contributed by atoms with Crippen molar-refractivity contribution < 1.29 is 67.2 Å². The summed E-state index contributed by atoms with van der Waals surface area (Å²) in [4.78, 5) is 76.4. The number of nitrogens with zero attached hydrogens (tertiary/aromatic N) is 7. The molecule has 6 N–H and O–H groups in total. The zero-order valence-corrected chi connectivity index (χ0v) is 43.4. The van der Waals surface area contributed by atoms with Gasteiger partial charge in [0.1, 0.15) is 66.1 Å². The van der Waals surface area contributed by atoms with Gasteiger partial charge in [0.05, 0.1) is 17.2 Å². The predicted octanol–water partition coefficient (Wildman–Crippen LogP) is 5.93. The lowest BCUT2D eigenvalue weighted by Crippen LogP contribution is -2.56. The molecule has 1 saturated heterocycles. The largest absolute Gasteiger partial charge is 0.574 e. The number of nitro groups is 1. The molecule has 2 aromatic heterocycles. The van der Waals surface area contributed by atoms with Crippen molar-refractivity contribution in [2.75, 3.05) is 18.9 Å². The fourth-order valence-corrected chi connectivity index (χ4v) is 8.91. The highest BCUT2D eigenvalue weighted by atomic mass is 31.1. The number of hydrogen-bond acceptors (Lipinski definition) is 21. The first-order chi connectivity index (χ1) is 36.0. The van der Waals surface area contributed by atoms with Crippen molar-refractivity contribution in [2.45, 2.75) is 109 Å². The Morgan fingerprint density at radius 2 is 1.48 bits per heavy atom. The van der Waals surface area contributed by atoms with E-state index < -0.39 is 68.9 Å². The number of aliphatic hydroxyl groups excluding tert-OH is 2. The van der Waals surface area contributed by atoms with Gasteiger partial charge in [-0.2, -0.15) is 15.8 Å². The normalized spacial score (nSPS) is 19.0.